The number of aromatic nitrogens is 3. The maximum absolute atomic E-state index is 12.4. The van der Waals surface area contributed by atoms with Gasteiger partial charge < -0.3 is 24.4 Å². The van der Waals surface area contributed by atoms with E-state index in [0.29, 0.717) is 18.0 Å². The number of nitrogens with one attached hydrogen (secondary N) is 1. The molecule has 33 heavy (non-hydrogen) atoms. The summed E-state index contributed by atoms with van der Waals surface area (Å²) in [6.45, 7) is 1.25. The van der Waals surface area contributed by atoms with Gasteiger partial charge in [0, 0.05) is 49.4 Å². The third-order valence-electron chi connectivity index (χ3n) is 3.96. The monoisotopic (exact) mass is 467 g/mol. The number of amides is 1. The number of alkyl halides is 3. The summed E-state index contributed by atoms with van der Waals surface area (Å²) in [7, 11) is 3.86. The summed E-state index contributed by atoms with van der Waals surface area (Å²) in [4.78, 5) is 39.2. The van der Waals surface area contributed by atoms with Crippen molar-refractivity contribution in [1.29, 1.82) is 0 Å². The molecule has 0 atom stereocenters. The molecule has 176 valence electrons. The van der Waals surface area contributed by atoms with Crippen LogP contribution in [0.1, 0.15) is 10.5 Å². The molecule has 3 aromatic heterocycles. The number of pyridine rings is 2. The zero-order valence-electron chi connectivity index (χ0n) is 17.5. The minimum absolute atomic E-state index is 0.120. The van der Waals surface area contributed by atoms with E-state index in [2.05, 4.69) is 15.5 Å². The molecule has 0 spiro atoms. The first-order valence-electron chi connectivity index (χ1n) is 9.31. The summed E-state index contributed by atoms with van der Waals surface area (Å²) >= 11 is 0. The SMILES string of the molecule is CN(C)CCn1cc(NC(=O)c2cc(-c3cccnc3)on2)ccc1=O.O=C(O)C(F)(F)F. The molecule has 0 aromatic carbocycles. The molecule has 0 bridgehead atoms. The van der Waals surface area contributed by atoms with Crippen LogP contribution in [-0.4, -0.2) is 63.4 Å². The molecule has 0 aliphatic heterocycles. The van der Waals surface area contributed by atoms with Crippen LogP contribution in [0.25, 0.3) is 11.3 Å². The summed E-state index contributed by atoms with van der Waals surface area (Å²) in [5.74, 6) is -2.71. The van der Waals surface area contributed by atoms with Crippen molar-refractivity contribution in [3.63, 3.8) is 0 Å². The van der Waals surface area contributed by atoms with Crippen LogP contribution in [0.5, 0.6) is 0 Å². The molecular weight excluding hydrogens is 447 g/mol. The van der Waals surface area contributed by atoms with Crippen LogP contribution in [0.4, 0.5) is 18.9 Å². The quantitative estimate of drug-likeness (QED) is 0.565. The number of likely N-dealkylation sites (N-methyl/N-ethyl adjacent to an activating group) is 1. The largest absolute Gasteiger partial charge is 0.490 e. The number of carboxylic acid groups (broad SMARTS) is 1. The van der Waals surface area contributed by atoms with Gasteiger partial charge in [-0.1, -0.05) is 5.16 Å². The Balaban J connectivity index is 0.000000479. The fraction of sp³-hybridized carbons (Fsp3) is 0.250. The topological polar surface area (TPSA) is 131 Å². The van der Waals surface area contributed by atoms with E-state index < -0.39 is 18.1 Å². The molecule has 1 amide bonds. The molecule has 0 aliphatic rings. The molecule has 0 unspecified atom stereocenters. The second-order valence-corrected chi connectivity index (χ2v) is 6.83. The van der Waals surface area contributed by atoms with Crippen molar-refractivity contribution in [2.45, 2.75) is 12.7 Å². The third-order valence-corrected chi connectivity index (χ3v) is 3.96. The van der Waals surface area contributed by atoms with Crippen LogP contribution in [0.15, 0.2) is 58.2 Å². The van der Waals surface area contributed by atoms with Gasteiger partial charge in [0.05, 0.1) is 5.69 Å². The molecule has 10 nitrogen and oxygen atoms in total. The van der Waals surface area contributed by atoms with Crippen molar-refractivity contribution < 1.29 is 32.4 Å². The number of aliphatic carboxylic acids is 1. The average Bonchev–Trinajstić information content (AvgIpc) is 3.25. The lowest BCUT2D eigenvalue weighted by atomic mass is 10.2. The Bertz CT molecular complexity index is 1140. The van der Waals surface area contributed by atoms with E-state index in [1.165, 1.54) is 6.07 Å². The summed E-state index contributed by atoms with van der Waals surface area (Å²) < 4.78 is 38.5. The van der Waals surface area contributed by atoms with Crippen molar-refractivity contribution in [2.24, 2.45) is 0 Å². The highest BCUT2D eigenvalue weighted by Gasteiger charge is 2.38. The standard InChI is InChI=1S/C18H19N5O3.C2HF3O2/c1-22(2)8-9-23-12-14(5-6-17(23)24)20-18(25)15-10-16(26-21-15)13-4-3-7-19-11-13;3-2(4,5)1(6)7/h3-7,10-12H,8-9H2,1-2H3,(H,20,25);(H,6,7). The molecule has 13 heteroatoms. The first kappa shape index (κ1) is 25.3. The first-order valence-corrected chi connectivity index (χ1v) is 9.31. The maximum atomic E-state index is 12.4. The number of halogens is 3. The molecular formula is C20H20F3N5O5. The Morgan fingerprint density at radius 1 is 1.24 bits per heavy atom. The minimum atomic E-state index is -5.08. The molecule has 0 saturated heterocycles. The fourth-order valence-electron chi connectivity index (χ4n) is 2.31. The number of hydrogen-bond acceptors (Lipinski definition) is 7. The van der Waals surface area contributed by atoms with Gasteiger partial charge in [0.2, 0.25) is 0 Å². The average molecular weight is 467 g/mol. The Morgan fingerprint density at radius 2 is 1.94 bits per heavy atom. The Hall–Kier alpha value is -4.00. The summed E-state index contributed by atoms with van der Waals surface area (Å²) in [6.07, 6.45) is -0.187. The highest BCUT2D eigenvalue weighted by atomic mass is 19.4. The minimum Gasteiger partial charge on any atom is -0.475 e. The zero-order chi connectivity index (χ0) is 24.6. The van der Waals surface area contributed by atoms with E-state index in [-0.39, 0.29) is 11.3 Å². The fourth-order valence-corrected chi connectivity index (χ4v) is 2.31. The molecule has 0 aliphatic carbocycles. The van der Waals surface area contributed by atoms with Crippen molar-refractivity contribution in [1.82, 2.24) is 19.6 Å². The predicted octanol–water partition coefficient (Wildman–Crippen LogP) is 2.35. The second-order valence-electron chi connectivity index (χ2n) is 6.83. The molecule has 3 heterocycles. The van der Waals surface area contributed by atoms with Crippen LogP contribution in [0.3, 0.4) is 0 Å². The molecule has 0 saturated carbocycles. The van der Waals surface area contributed by atoms with Crippen LogP contribution >= 0.6 is 0 Å². The number of carbonyl (C=O) groups is 2. The van der Waals surface area contributed by atoms with Crippen LogP contribution in [-0.2, 0) is 11.3 Å². The molecule has 2 N–H and O–H groups in total. The van der Waals surface area contributed by atoms with Crippen molar-refractivity contribution in [3.8, 4) is 11.3 Å². The molecule has 3 rings (SSSR count). The van der Waals surface area contributed by atoms with Gasteiger partial charge in [-0.25, -0.2) is 4.79 Å². The second kappa shape index (κ2) is 11.0. The van der Waals surface area contributed by atoms with Crippen molar-refractivity contribution >= 4 is 17.6 Å². The number of hydrogen-bond donors (Lipinski definition) is 2. The normalized spacial score (nSPS) is 11.0. The van der Waals surface area contributed by atoms with E-state index in [1.807, 2.05) is 25.1 Å². The van der Waals surface area contributed by atoms with Gasteiger partial charge in [-0.2, -0.15) is 13.2 Å². The van der Waals surface area contributed by atoms with Crippen molar-refractivity contribution in [3.05, 3.63) is 65.0 Å². The van der Waals surface area contributed by atoms with Gasteiger partial charge in [0.25, 0.3) is 11.5 Å². The summed E-state index contributed by atoms with van der Waals surface area (Å²) in [5.41, 5.74) is 1.27. The van der Waals surface area contributed by atoms with Crippen LogP contribution in [0, 0.1) is 0 Å². The smallest absolute Gasteiger partial charge is 0.475 e. The Kier molecular flexibility index (Phi) is 8.45. The highest BCUT2D eigenvalue weighted by molar-refractivity contribution is 6.03. The summed E-state index contributed by atoms with van der Waals surface area (Å²) in [5, 5.41) is 13.7. The summed E-state index contributed by atoms with van der Waals surface area (Å²) in [6, 6.07) is 8.13. The van der Waals surface area contributed by atoms with Gasteiger partial charge in [-0.05, 0) is 32.3 Å². The zero-order valence-corrected chi connectivity index (χ0v) is 17.5. The first-order chi connectivity index (χ1) is 15.5. The molecule has 0 radical (unpaired) electrons. The van der Waals surface area contributed by atoms with Gasteiger partial charge >= 0.3 is 12.1 Å². The van der Waals surface area contributed by atoms with Gasteiger partial charge in [-0.15, -0.1) is 0 Å². The van der Waals surface area contributed by atoms with E-state index >= 15 is 0 Å². The van der Waals surface area contributed by atoms with E-state index in [9.17, 15) is 22.8 Å². The number of carbonyl (C=O) groups excluding carboxylic acids is 1. The lowest BCUT2D eigenvalue weighted by molar-refractivity contribution is -0.192. The number of carboxylic acids is 1. The number of rotatable bonds is 6. The van der Waals surface area contributed by atoms with Crippen LogP contribution in [0.2, 0.25) is 0 Å². The lowest BCUT2D eigenvalue weighted by Gasteiger charge is -2.12. The van der Waals surface area contributed by atoms with Gasteiger partial charge in [0.15, 0.2) is 11.5 Å². The van der Waals surface area contributed by atoms with Gasteiger partial charge in [0.1, 0.15) is 0 Å². The lowest BCUT2D eigenvalue weighted by Crippen LogP contribution is -2.26. The molecule has 3 aromatic rings. The van der Waals surface area contributed by atoms with Crippen molar-refractivity contribution in [2.75, 3.05) is 26.0 Å². The predicted molar refractivity (Wildman–Crippen MR) is 111 cm³/mol. The number of anilines is 1. The van der Waals surface area contributed by atoms with Gasteiger partial charge in [-0.3, -0.25) is 14.6 Å². The van der Waals surface area contributed by atoms with E-state index in [0.717, 1.165) is 12.1 Å². The Morgan fingerprint density at radius 3 is 2.52 bits per heavy atom. The number of nitrogens with zero attached hydrogens (tertiary/aromatic N) is 4. The maximum Gasteiger partial charge on any atom is 0.490 e. The van der Waals surface area contributed by atoms with E-state index in [4.69, 9.17) is 14.4 Å². The third kappa shape index (κ3) is 7.88. The highest BCUT2D eigenvalue weighted by Crippen LogP contribution is 2.19. The van der Waals surface area contributed by atoms with E-state index in [1.54, 1.807) is 41.4 Å². The van der Waals surface area contributed by atoms with Crippen LogP contribution < -0.4 is 10.9 Å². The molecule has 0 fully saturated rings. The Labute approximate surface area is 185 Å².